The summed E-state index contributed by atoms with van der Waals surface area (Å²) in [6.07, 6.45) is 1.32. The molecular weight excluding hydrogens is 393 g/mol. The first-order chi connectivity index (χ1) is 10.2. The minimum Gasteiger partial charge on any atom is -0.469 e. The molecule has 0 atom stereocenters. The van der Waals surface area contributed by atoms with E-state index in [0.717, 1.165) is 13.0 Å². The van der Waals surface area contributed by atoms with Gasteiger partial charge in [0.2, 0.25) is 0 Å². The highest BCUT2D eigenvalue weighted by atomic mass is 127. The average Bonchev–Trinajstić information content (AvgIpc) is 2.52. The van der Waals surface area contributed by atoms with Crippen molar-refractivity contribution >= 4 is 35.9 Å². The van der Waals surface area contributed by atoms with E-state index in [9.17, 15) is 4.79 Å². The summed E-state index contributed by atoms with van der Waals surface area (Å²) in [5.41, 5.74) is 2.54. The van der Waals surface area contributed by atoms with E-state index < -0.39 is 0 Å². The molecule has 0 amide bonds. The number of guanidine groups is 1. The van der Waals surface area contributed by atoms with Crippen LogP contribution in [0.5, 0.6) is 0 Å². The topological polar surface area (TPSA) is 62.7 Å². The van der Waals surface area contributed by atoms with Crippen molar-refractivity contribution in [3.63, 3.8) is 0 Å². The molecule has 124 valence electrons. The van der Waals surface area contributed by atoms with E-state index in [2.05, 4.69) is 39.4 Å². The number of nitrogens with one attached hydrogen (secondary N) is 2. The van der Waals surface area contributed by atoms with Gasteiger partial charge < -0.3 is 15.4 Å². The number of aliphatic imine (C=N–C) groups is 1. The van der Waals surface area contributed by atoms with Gasteiger partial charge in [0, 0.05) is 13.1 Å². The molecule has 0 aliphatic heterocycles. The molecule has 0 spiro atoms. The smallest absolute Gasteiger partial charge is 0.307 e. The zero-order valence-electron chi connectivity index (χ0n) is 13.5. The molecule has 2 N–H and O–H groups in total. The van der Waals surface area contributed by atoms with E-state index in [1.54, 1.807) is 0 Å². The molecule has 1 aromatic rings. The maximum Gasteiger partial charge on any atom is 0.307 e. The summed E-state index contributed by atoms with van der Waals surface area (Å²) in [6.45, 7) is 6.06. The molecule has 0 unspecified atom stereocenters. The van der Waals surface area contributed by atoms with Gasteiger partial charge in [0.15, 0.2) is 5.96 Å². The summed E-state index contributed by atoms with van der Waals surface area (Å²) >= 11 is 0. The number of benzene rings is 1. The fourth-order valence-corrected chi connectivity index (χ4v) is 1.95. The lowest BCUT2D eigenvalue weighted by atomic mass is 10.1. The molecule has 5 nitrogen and oxygen atoms in total. The lowest BCUT2D eigenvalue weighted by molar-refractivity contribution is -0.140. The maximum atomic E-state index is 11.1. The van der Waals surface area contributed by atoms with E-state index in [1.165, 1.54) is 18.2 Å². The normalized spacial score (nSPS) is 10.6. The van der Waals surface area contributed by atoms with Gasteiger partial charge in [0.1, 0.15) is 0 Å². The van der Waals surface area contributed by atoms with Crippen molar-refractivity contribution in [3.8, 4) is 0 Å². The second-order valence-corrected chi connectivity index (χ2v) is 4.57. The SMILES string of the molecule is CCNC(=NCc1ccccc1CC)NCCC(=O)OC.I. The highest BCUT2D eigenvalue weighted by molar-refractivity contribution is 14.0. The van der Waals surface area contributed by atoms with Crippen molar-refractivity contribution in [1.82, 2.24) is 10.6 Å². The van der Waals surface area contributed by atoms with Gasteiger partial charge in [-0.2, -0.15) is 0 Å². The Morgan fingerprint density at radius 1 is 1.18 bits per heavy atom. The molecule has 0 bridgehead atoms. The Balaban J connectivity index is 0.00000441. The Kier molecular flexibility index (Phi) is 11.5. The van der Waals surface area contributed by atoms with Crippen molar-refractivity contribution in [3.05, 3.63) is 35.4 Å². The standard InChI is InChI=1S/C16H25N3O2.HI/c1-4-13-8-6-7-9-14(13)12-19-16(17-5-2)18-11-10-15(20)21-3;/h6-9H,4-5,10-12H2,1-3H3,(H2,17,18,19);1H. The number of rotatable bonds is 7. The number of methoxy groups -OCH3 is 1. The quantitative estimate of drug-likeness (QED) is 0.309. The summed E-state index contributed by atoms with van der Waals surface area (Å²) in [7, 11) is 1.39. The number of hydrogen-bond donors (Lipinski definition) is 2. The largest absolute Gasteiger partial charge is 0.469 e. The molecular formula is C16H26IN3O2. The number of esters is 1. The lowest BCUT2D eigenvalue weighted by Gasteiger charge is -2.11. The number of ether oxygens (including phenoxy) is 1. The molecule has 0 aromatic heterocycles. The fourth-order valence-electron chi connectivity index (χ4n) is 1.95. The molecule has 1 rings (SSSR count). The van der Waals surface area contributed by atoms with Crippen LogP contribution in [0.25, 0.3) is 0 Å². The molecule has 0 heterocycles. The minimum atomic E-state index is -0.227. The van der Waals surface area contributed by atoms with Crippen LogP contribution in [0, 0.1) is 0 Å². The molecule has 0 radical (unpaired) electrons. The van der Waals surface area contributed by atoms with Crippen LogP contribution in [0.3, 0.4) is 0 Å². The van der Waals surface area contributed by atoms with Crippen LogP contribution in [-0.4, -0.2) is 32.1 Å². The van der Waals surface area contributed by atoms with Crippen LogP contribution >= 0.6 is 24.0 Å². The maximum absolute atomic E-state index is 11.1. The highest BCUT2D eigenvalue weighted by Gasteiger charge is 2.03. The average molecular weight is 419 g/mol. The van der Waals surface area contributed by atoms with E-state index in [4.69, 9.17) is 0 Å². The number of nitrogens with zero attached hydrogens (tertiary/aromatic N) is 1. The van der Waals surface area contributed by atoms with Crippen LogP contribution < -0.4 is 10.6 Å². The van der Waals surface area contributed by atoms with Crippen molar-refractivity contribution < 1.29 is 9.53 Å². The van der Waals surface area contributed by atoms with Gasteiger partial charge in [-0.3, -0.25) is 4.79 Å². The summed E-state index contributed by atoms with van der Waals surface area (Å²) in [6, 6.07) is 8.30. The highest BCUT2D eigenvalue weighted by Crippen LogP contribution is 2.10. The van der Waals surface area contributed by atoms with Gasteiger partial charge in [-0.25, -0.2) is 4.99 Å². The molecule has 0 aliphatic carbocycles. The number of carbonyl (C=O) groups is 1. The van der Waals surface area contributed by atoms with Crippen LogP contribution in [-0.2, 0) is 22.5 Å². The van der Waals surface area contributed by atoms with E-state index in [1.807, 2.05) is 19.1 Å². The molecule has 0 aliphatic rings. The number of carbonyl (C=O) groups excluding carboxylic acids is 1. The van der Waals surface area contributed by atoms with Gasteiger partial charge in [-0.1, -0.05) is 31.2 Å². The van der Waals surface area contributed by atoms with Gasteiger partial charge in [-0.15, -0.1) is 24.0 Å². The van der Waals surface area contributed by atoms with Gasteiger partial charge >= 0.3 is 5.97 Å². The molecule has 0 fully saturated rings. The van der Waals surface area contributed by atoms with Gasteiger partial charge in [-0.05, 0) is 24.5 Å². The molecule has 0 saturated carbocycles. The molecule has 22 heavy (non-hydrogen) atoms. The third-order valence-corrected chi connectivity index (χ3v) is 3.10. The predicted octanol–water partition coefficient (Wildman–Crippen LogP) is 2.49. The molecule has 1 aromatic carbocycles. The zero-order chi connectivity index (χ0) is 15.5. The first-order valence-corrected chi connectivity index (χ1v) is 7.37. The Hall–Kier alpha value is -1.31. The zero-order valence-corrected chi connectivity index (χ0v) is 15.8. The van der Waals surface area contributed by atoms with Crippen molar-refractivity contribution in [2.45, 2.75) is 33.2 Å². The summed E-state index contributed by atoms with van der Waals surface area (Å²) in [5, 5.41) is 6.30. The molecule has 6 heteroatoms. The summed E-state index contributed by atoms with van der Waals surface area (Å²) in [5.74, 6) is 0.488. The Morgan fingerprint density at radius 3 is 2.45 bits per heavy atom. The number of halogens is 1. The van der Waals surface area contributed by atoms with Crippen molar-refractivity contribution in [1.29, 1.82) is 0 Å². The minimum absolute atomic E-state index is 0. The summed E-state index contributed by atoms with van der Waals surface area (Å²) in [4.78, 5) is 15.6. The first-order valence-electron chi connectivity index (χ1n) is 7.37. The fraction of sp³-hybridized carbons (Fsp3) is 0.500. The van der Waals surface area contributed by atoms with Crippen LogP contribution in [0.15, 0.2) is 29.3 Å². The monoisotopic (exact) mass is 419 g/mol. The Morgan fingerprint density at radius 2 is 1.86 bits per heavy atom. The van der Waals surface area contributed by atoms with Gasteiger partial charge in [0.25, 0.3) is 0 Å². The van der Waals surface area contributed by atoms with Crippen LogP contribution in [0.2, 0.25) is 0 Å². The summed E-state index contributed by atoms with van der Waals surface area (Å²) < 4.78 is 4.61. The Bertz CT molecular complexity index is 478. The number of aryl methyl sites for hydroxylation is 1. The van der Waals surface area contributed by atoms with E-state index >= 15 is 0 Å². The number of hydrogen-bond acceptors (Lipinski definition) is 3. The van der Waals surface area contributed by atoms with Crippen molar-refractivity contribution in [2.24, 2.45) is 4.99 Å². The van der Waals surface area contributed by atoms with Crippen molar-refractivity contribution in [2.75, 3.05) is 20.2 Å². The first kappa shape index (κ1) is 20.7. The second-order valence-electron chi connectivity index (χ2n) is 4.57. The van der Waals surface area contributed by atoms with Gasteiger partial charge in [0.05, 0.1) is 20.1 Å². The second kappa shape index (κ2) is 12.3. The van der Waals surface area contributed by atoms with E-state index in [-0.39, 0.29) is 29.9 Å². The lowest BCUT2D eigenvalue weighted by Crippen LogP contribution is -2.38. The van der Waals surface area contributed by atoms with Crippen LogP contribution in [0.1, 0.15) is 31.4 Å². The van der Waals surface area contributed by atoms with E-state index in [0.29, 0.717) is 25.5 Å². The third-order valence-electron chi connectivity index (χ3n) is 3.10. The molecule has 0 saturated heterocycles. The predicted molar refractivity (Wildman–Crippen MR) is 101 cm³/mol. The van der Waals surface area contributed by atoms with Crippen LogP contribution in [0.4, 0.5) is 0 Å². The third kappa shape index (κ3) is 7.63. The Labute approximate surface area is 149 Å².